The number of amides is 1. The van der Waals surface area contributed by atoms with Crippen LogP contribution in [0.3, 0.4) is 0 Å². The lowest BCUT2D eigenvalue weighted by atomic mass is 9.96. The third kappa shape index (κ3) is 4.37. The summed E-state index contributed by atoms with van der Waals surface area (Å²) in [5.74, 6) is 1.88. The molecule has 0 aliphatic heterocycles. The fourth-order valence-corrected chi connectivity index (χ4v) is 2.91. The number of nitrogens with one attached hydrogen (secondary N) is 1. The van der Waals surface area contributed by atoms with Gasteiger partial charge in [-0.2, -0.15) is 0 Å². The number of nitrogens with two attached hydrogens (primary N) is 1. The van der Waals surface area contributed by atoms with E-state index in [1.165, 1.54) is 0 Å². The summed E-state index contributed by atoms with van der Waals surface area (Å²) in [5, 5.41) is 2.76. The molecule has 0 spiro atoms. The summed E-state index contributed by atoms with van der Waals surface area (Å²) >= 11 is 0. The van der Waals surface area contributed by atoms with E-state index in [4.69, 9.17) is 24.7 Å². The van der Waals surface area contributed by atoms with E-state index >= 15 is 0 Å². The van der Waals surface area contributed by atoms with Crippen LogP contribution in [0, 0.1) is 0 Å². The molecule has 0 aliphatic carbocycles. The average molecular weight is 386 g/mol. The lowest BCUT2D eigenvalue weighted by Crippen LogP contribution is -2.22. The molecule has 0 aliphatic rings. The molecule has 28 heavy (non-hydrogen) atoms. The van der Waals surface area contributed by atoms with Crippen LogP contribution in [-0.4, -0.2) is 40.9 Å². The van der Waals surface area contributed by atoms with Crippen LogP contribution in [0.4, 0.5) is 5.69 Å². The van der Waals surface area contributed by atoms with Crippen molar-refractivity contribution in [2.75, 3.05) is 40.3 Å². The maximum atomic E-state index is 11.8. The molecule has 0 heterocycles. The van der Waals surface area contributed by atoms with E-state index < -0.39 is 0 Å². The zero-order chi connectivity index (χ0) is 20.7. The normalized spacial score (nSPS) is 11.0. The molecule has 0 aromatic heterocycles. The van der Waals surface area contributed by atoms with E-state index in [0.717, 1.165) is 16.7 Å². The Morgan fingerprint density at radius 2 is 1.54 bits per heavy atom. The lowest BCUT2D eigenvalue weighted by Gasteiger charge is -2.17. The van der Waals surface area contributed by atoms with Gasteiger partial charge in [0.25, 0.3) is 0 Å². The van der Waals surface area contributed by atoms with Gasteiger partial charge in [0.15, 0.2) is 11.5 Å². The minimum absolute atomic E-state index is 0.114. The molecule has 2 aromatic rings. The van der Waals surface area contributed by atoms with Gasteiger partial charge in [0.05, 0.1) is 40.7 Å². The van der Waals surface area contributed by atoms with Crippen molar-refractivity contribution in [2.45, 2.75) is 6.92 Å². The number of ether oxygens (including phenoxy) is 4. The van der Waals surface area contributed by atoms with Crippen molar-refractivity contribution in [2.24, 2.45) is 5.73 Å². The Bertz CT molecular complexity index is 852. The third-order valence-corrected chi connectivity index (χ3v) is 4.23. The maximum absolute atomic E-state index is 11.8. The minimum Gasteiger partial charge on any atom is -0.495 e. The molecule has 0 fully saturated rings. The van der Waals surface area contributed by atoms with Crippen LogP contribution in [0.2, 0.25) is 0 Å². The van der Waals surface area contributed by atoms with Gasteiger partial charge in [0, 0.05) is 0 Å². The van der Waals surface area contributed by atoms with E-state index in [-0.39, 0.29) is 12.5 Å². The van der Waals surface area contributed by atoms with E-state index in [2.05, 4.69) is 5.32 Å². The maximum Gasteiger partial charge on any atom is 0.238 e. The number of methoxy groups -OCH3 is 4. The summed E-state index contributed by atoms with van der Waals surface area (Å²) in [5.41, 5.74) is 8.63. The minimum atomic E-state index is -0.301. The van der Waals surface area contributed by atoms with Crippen molar-refractivity contribution >= 4 is 17.2 Å². The third-order valence-electron chi connectivity index (χ3n) is 4.23. The van der Waals surface area contributed by atoms with Crippen LogP contribution in [0.15, 0.2) is 36.4 Å². The summed E-state index contributed by atoms with van der Waals surface area (Å²) in [6.45, 7) is 1.82. The fraction of sp³-hybridized carbons (Fsp3) is 0.286. The second-order valence-corrected chi connectivity index (χ2v) is 5.78. The van der Waals surface area contributed by atoms with Crippen LogP contribution in [-0.2, 0) is 4.79 Å². The molecule has 2 aromatic carbocycles. The highest BCUT2D eigenvalue weighted by molar-refractivity contribution is 5.95. The molecular weight excluding hydrogens is 360 g/mol. The molecule has 150 valence electrons. The highest BCUT2D eigenvalue weighted by atomic mass is 16.5. The van der Waals surface area contributed by atoms with E-state index in [0.29, 0.717) is 28.7 Å². The van der Waals surface area contributed by atoms with Gasteiger partial charge in [-0.15, -0.1) is 0 Å². The van der Waals surface area contributed by atoms with Crippen LogP contribution in [0.1, 0.15) is 18.1 Å². The molecule has 0 saturated heterocycles. The summed E-state index contributed by atoms with van der Waals surface area (Å²) < 4.78 is 21.6. The van der Waals surface area contributed by atoms with Crippen molar-refractivity contribution in [1.82, 2.24) is 0 Å². The van der Waals surface area contributed by atoms with E-state index in [9.17, 15) is 4.79 Å². The largest absolute Gasteiger partial charge is 0.495 e. The molecule has 7 nitrogen and oxygen atoms in total. The first-order valence-electron chi connectivity index (χ1n) is 8.67. The summed E-state index contributed by atoms with van der Waals surface area (Å²) in [6.07, 6.45) is 1.97. The first-order valence-corrected chi connectivity index (χ1v) is 8.67. The Kier molecular flexibility index (Phi) is 7.28. The monoisotopic (exact) mass is 386 g/mol. The van der Waals surface area contributed by atoms with Crippen molar-refractivity contribution in [3.05, 3.63) is 47.5 Å². The summed E-state index contributed by atoms with van der Waals surface area (Å²) in [6, 6.07) is 9.29. The van der Waals surface area contributed by atoms with Crippen molar-refractivity contribution in [3.63, 3.8) is 0 Å². The van der Waals surface area contributed by atoms with Gasteiger partial charge in [-0.25, -0.2) is 0 Å². The van der Waals surface area contributed by atoms with Crippen molar-refractivity contribution in [1.29, 1.82) is 0 Å². The first kappa shape index (κ1) is 21.1. The molecule has 1 amide bonds. The molecule has 0 saturated carbocycles. The second kappa shape index (κ2) is 9.66. The molecule has 3 N–H and O–H groups in total. The summed E-state index contributed by atoms with van der Waals surface area (Å²) in [7, 11) is 6.25. The standard InChI is InChI=1S/C21H26N2O5/c1-6-15(14-10-18(26-3)21(28-5)19(11-14)27-4)13-7-8-17(25-2)16(9-13)23-20(24)12-22/h6-11H,12,22H2,1-5H3,(H,23,24). The Balaban J connectivity index is 2.57. The highest BCUT2D eigenvalue weighted by Gasteiger charge is 2.17. The predicted molar refractivity (Wildman–Crippen MR) is 110 cm³/mol. The predicted octanol–water partition coefficient (Wildman–Crippen LogP) is 3.07. The van der Waals surface area contributed by atoms with Gasteiger partial charge in [-0.05, 0) is 47.9 Å². The quantitative estimate of drug-likeness (QED) is 0.724. The number of hydrogen-bond donors (Lipinski definition) is 2. The highest BCUT2D eigenvalue weighted by Crippen LogP contribution is 2.41. The van der Waals surface area contributed by atoms with Gasteiger partial charge < -0.3 is 30.0 Å². The van der Waals surface area contributed by atoms with Crippen LogP contribution >= 0.6 is 0 Å². The van der Waals surface area contributed by atoms with Gasteiger partial charge in [-0.1, -0.05) is 12.1 Å². The first-order chi connectivity index (χ1) is 13.5. The van der Waals surface area contributed by atoms with E-state index in [1.54, 1.807) is 34.5 Å². The smallest absolute Gasteiger partial charge is 0.238 e. The molecule has 0 unspecified atom stereocenters. The van der Waals surface area contributed by atoms with Gasteiger partial charge in [0.2, 0.25) is 11.7 Å². The molecular formula is C21H26N2O5. The summed E-state index contributed by atoms with van der Waals surface area (Å²) in [4.78, 5) is 11.8. The second-order valence-electron chi connectivity index (χ2n) is 5.78. The number of benzene rings is 2. The van der Waals surface area contributed by atoms with Crippen molar-refractivity contribution in [3.8, 4) is 23.0 Å². The van der Waals surface area contributed by atoms with Crippen LogP contribution in [0.25, 0.3) is 5.57 Å². The van der Waals surface area contributed by atoms with Gasteiger partial charge in [-0.3, -0.25) is 4.79 Å². The molecule has 0 atom stereocenters. The number of carbonyl (C=O) groups excluding carboxylic acids is 1. The molecule has 0 bridgehead atoms. The van der Waals surface area contributed by atoms with Crippen molar-refractivity contribution < 1.29 is 23.7 Å². The Labute approximate surface area is 165 Å². The zero-order valence-corrected chi connectivity index (χ0v) is 16.8. The number of rotatable bonds is 8. The number of allylic oxidation sites excluding steroid dienone is 1. The molecule has 2 rings (SSSR count). The van der Waals surface area contributed by atoms with E-state index in [1.807, 2.05) is 37.3 Å². The van der Waals surface area contributed by atoms with Crippen LogP contribution in [0.5, 0.6) is 23.0 Å². The fourth-order valence-electron chi connectivity index (χ4n) is 2.91. The Morgan fingerprint density at radius 3 is 2.00 bits per heavy atom. The number of carbonyl (C=O) groups is 1. The van der Waals surface area contributed by atoms with Gasteiger partial charge in [0.1, 0.15) is 5.75 Å². The molecule has 0 radical (unpaired) electrons. The Morgan fingerprint density at radius 1 is 0.929 bits per heavy atom. The SMILES string of the molecule is CC=C(c1ccc(OC)c(NC(=O)CN)c1)c1cc(OC)c(OC)c(OC)c1. The average Bonchev–Trinajstić information content (AvgIpc) is 2.73. The lowest BCUT2D eigenvalue weighted by molar-refractivity contribution is -0.114. The molecule has 7 heteroatoms. The number of hydrogen-bond acceptors (Lipinski definition) is 6. The zero-order valence-electron chi connectivity index (χ0n) is 16.8. The van der Waals surface area contributed by atoms with Gasteiger partial charge >= 0.3 is 0 Å². The number of anilines is 1. The topological polar surface area (TPSA) is 92.0 Å². The van der Waals surface area contributed by atoms with Crippen LogP contribution < -0.4 is 30.0 Å². The Hall–Kier alpha value is -3.19.